The Kier molecular flexibility index (Phi) is 4.87. The van der Waals surface area contributed by atoms with E-state index < -0.39 is 5.97 Å². The standard InChI is InChI=1S/C9H10O2.C5H13N2/c1-6-3-4-8(9(10)11)7(2)5-6;1-7(2)4-3-6-5-7/h3-5H,1-2H3,(H,10,11);6H,3-5H2,1-2H3/q;+1/p-1. The molecule has 1 aliphatic rings. The quantitative estimate of drug-likeness (QED) is 0.729. The molecule has 0 saturated carbocycles. The van der Waals surface area contributed by atoms with E-state index >= 15 is 0 Å². The number of carboxylic acid groups (broad SMARTS) is 1. The minimum atomic E-state index is -1.11. The van der Waals surface area contributed by atoms with Gasteiger partial charge in [0.25, 0.3) is 0 Å². The zero-order valence-electron chi connectivity index (χ0n) is 11.6. The minimum absolute atomic E-state index is 0.274. The molecule has 0 amide bonds. The second-order valence-electron chi connectivity index (χ2n) is 5.42. The van der Waals surface area contributed by atoms with Gasteiger partial charge in [0, 0.05) is 12.1 Å². The molecule has 0 spiro atoms. The molecule has 0 unspecified atom stereocenters. The summed E-state index contributed by atoms with van der Waals surface area (Å²) in [6.07, 6.45) is 0. The molecule has 18 heavy (non-hydrogen) atoms. The van der Waals surface area contributed by atoms with Gasteiger partial charge in [-0.05, 0) is 19.4 Å². The number of nitrogens with one attached hydrogen (secondary N) is 1. The van der Waals surface area contributed by atoms with Gasteiger partial charge in [0.15, 0.2) is 0 Å². The first-order valence-corrected chi connectivity index (χ1v) is 6.13. The molecule has 4 nitrogen and oxygen atoms in total. The van der Waals surface area contributed by atoms with Crippen molar-refractivity contribution in [2.75, 3.05) is 33.9 Å². The molecular weight excluding hydrogens is 228 g/mol. The molecule has 1 aliphatic heterocycles. The van der Waals surface area contributed by atoms with Crippen LogP contribution in [0, 0.1) is 13.8 Å². The maximum absolute atomic E-state index is 10.4. The molecule has 2 rings (SSSR count). The number of likely N-dealkylation sites (N-methyl/N-ethyl adjacent to an activating group) is 1. The molecule has 0 radical (unpaired) electrons. The number of rotatable bonds is 1. The molecule has 1 fully saturated rings. The third kappa shape index (κ3) is 4.47. The molecule has 0 aliphatic carbocycles. The largest absolute Gasteiger partial charge is 0.545 e. The first-order valence-electron chi connectivity index (χ1n) is 6.13. The number of quaternary nitrogens is 1. The predicted octanol–water partition coefficient (Wildman–Crippen LogP) is 0.290. The van der Waals surface area contributed by atoms with Crippen LogP contribution >= 0.6 is 0 Å². The summed E-state index contributed by atoms with van der Waals surface area (Å²) in [4.78, 5) is 10.4. The van der Waals surface area contributed by atoms with Crippen molar-refractivity contribution in [3.05, 3.63) is 34.9 Å². The molecule has 1 aromatic rings. The summed E-state index contributed by atoms with van der Waals surface area (Å²) in [6, 6.07) is 5.16. The Bertz CT molecular complexity index is 420. The van der Waals surface area contributed by atoms with E-state index in [0.717, 1.165) is 22.3 Å². The molecule has 4 heteroatoms. The predicted molar refractivity (Wildman–Crippen MR) is 70.1 cm³/mol. The summed E-state index contributed by atoms with van der Waals surface area (Å²) in [5.74, 6) is -1.11. The van der Waals surface area contributed by atoms with Crippen LogP contribution in [0.1, 0.15) is 21.5 Å². The van der Waals surface area contributed by atoms with Gasteiger partial charge < -0.3 is 14.4 Å². The number of aryl methyl sites for hydroxylation is 2. The monoisotopic (exact) mass is 250 g/mol. The zero-order valence-corrected chi connectivity index (χ0v) is 11.6. The molecule has 100 valence electrons. The average Bonchev–Trinajstić information content (AvgIpc) is 2.63. The van der Waals surface area contributed by atoms with Crippen molar-refractivity contribution in [1.82, 2.24) is 5.32 Å². The van der Waals surface area contributed by atoms with Crippen LogP contribution in [0.4, 0.5) is 0 Å². The zero-order chi connectivity index (χ0) is 13.8. The lowest BCUT2D eigenvalue weighted by Crippen LogP contribution is -2.37. The first-order chi connectivity index (χ1) is 8.32. The number of carbonyl (C=O) groups excluding carboxylic acids is 1. The first kappa shape index (κ1) is 14.7. The van der Waals surface area contributed by atoms with Gasteiger partial charge in [-0.3, -0.25) is 5.32 Å². The number of benzene rings is 1. The maximum Gasteiger partial charge on any atom is 0.132 e. The van der Waals surface area contributed by atoms with Crippen molar-refractivity contribution in [3.63, 3.8) is 0 Å². The van der Waals surface area contributed by atoms with E-state index in [9.17, 15) is 9.90 Å². The maximum atomic E-state index is 10.4. The van der Waals surface area contributed by atoms with Crippen molar-refractivity contribution in [3.8, 4) is 0 Å². The van der Waals surface area contributed by atoms with Crippen LogP contribution in [0.3, 0.4) is 0 Å². The Morgan fingerprint density at radius 2 is 2.00 bits per heavy atom. The fourth-order valence-electron chi connectivity index (χ4n) is 1.89. The van der Waals surface area contributed by atoms with Gasteiger partial charge in [0.05, 0.1) is 26.6 Å². The normalized spacial score (nSPS) is 16.9. The van der Waals surface area contributed by atoms with Gasteiger partial charge in [-0.2, -0.15) is 0 Å². The van der Waals surface area contributed by atoms with Crippen LogP contribution in [0.15, 0.2) is 18.2 Å². The van der Waals surface area contributed by atoms with Crippen LogP contribution in [-0.4, -0.2) is 44.3 Å². The van der Waals surface area contributed by atoms with Crippen molar-refractivity contribution in [2.45, 2.75) is 13.8 Å². The van der Waals surface area contributed by atoms with Crippen molar-refractivity contribution >= 4 is 5.97 Å². The van der Waals surface area contributed by atoms with E-state index in [1.165, 1.54) is 13.1 Å². The van der Waals surface area contributed by atoms with Crippen LogP contribution in [0.25, 0.3) is 0 Å². The highest BCUT2D eigenvalue weighted by Crippen LogP contribution is 2.08. The summed E-state index contributed by atoms with van der Waals surface area (Å²) >= 11 is 0. The fraction of sp³-hybridized carbons (Fsp3) is 0.500. The van der Waals surface area contributed by atoms with E-state index in [2.05, 4.69) is 19.4 Å². The van der Waals surface area contributed by atoms with Gasteiger partial charge in [-0.15, -0.1) is 0 Å². The van der Waals surface area contributed by atoms with E-state index in [0.29, 0.717) is 0 Å². The van der Waals surface area contributed by atoms with E-state index in [-0.39, 0.29) is 5.56 Å². The van der Waals surface area contributed by atoms with Crippen LogP contribution < -0.4 is 10.4 Å². The molecule has 1 saturated heterocycles. The molecule has 0 aromatic heterocycles. The second kappa shape index (κ2) is 5.98. The van der Waals surface area contributed by atoms with Gasteiger partial charge in [0.1, 0.15) is 6.67 Å². The molecular formula is C14H22N2O2. The summed E-state index contributed by atoms with van der Waals surface area (Å²) in [7, 11) is 4.47. The third-order valence-electron chi connectivity index (χ3n) is 3.04. The van der Waals surface area contributed by atoms with Gasteiger partial charge in [-0.1, -0.05) is 23.8 Å². The third-order valence-corrected chi connectivity index (χ3v) is 3.04. The van der Waals surface area contributed by atoms with Crippen LogP contribution in [0.2, 0.25) is 0 Å². The topological polar surface area (TPSA) is 52.2 Å². The molecule has 0 atom stereocenters. The van der Waals surface area contributed by atoms with E-state index in [4.69, 9.17) is 0 Å². The highest BCUT2D eigenvalue weighted by atomic mass is 16.4. The number of hydrogen-bond acceptors (Lipinski definition) is 3. The number of aromatic carboxylic acids is 1. The van der Waals surface area contributed by atoms with Crippen LogP contribution in [-0.2, 0) is 0 Å². The highest BCUT2D eigenvalue weighted by Gasteiger charge is 2.19. The Balaban J connectivity index is 0.000000199. The van der Waals surface area contributed by atoms with Crippen molar-refractivity contribution < 1.29 is 14.4 Å². The van der Waals surface area contributed by atoms with Gasteiger partial charge in [0.2, 0.25) is 0 Å². The number of nitrogens with zero attached hydrogens (tertiary/aromatic N) is 1. The summed E-state index contributed by atoms with van der Waals surface area (Å²) in [5, 5.41) is 13.7. The molecule has 0 bridgehead atoms. The Labute approximate surface area is 109 Å². The lowest BCUT2D eigenvalue weighted by atomic mass is 10.1. The minimum Gasteiger partial charge on any atom is -0.545 e. The van der Waals surface area contributed by atoms with Crippen molar-refractivity contribution in [2.24, 2.45) is 0 Å². The van der Waals surface area contributed by atoms with E-state index in [1.54, 1.807) is 19.1 Å². The van der Waals surface area contributed by atoms with Crippen LogP contribution in [0.5, 0.6) is 0 Å². The Hall–Kier alpha value is -1.39. The molecule has 1 N–H and O–H groups in total. The highest BCUT2D eigenvalue weighted by molar-refractivity contribution is 5.87. The Morgan fingerprint density at radius 3 is 2.33 bits per heavy atom. The summed E-state index contributed by atoms with van der Waals surface area (Å²) < 4.78 is 1.14. The number of carboxylic acids is 1. The Morgan fingerprint density at radius 1 is 1.33 bits per heavy atom. The average molecular weight is 250 g/mol. The second-order valence-corrected chi connectivity index (χ2v) is 5.42. The smallest absolute Gasteiger partial charge is 0.132 e. The lowest BCUT2D eigenvalue weighted by molar-refractivity contribution is -0.878. The SMILES string of the molecule is C[N+]1(C)CCNC1.Cc1ccc(C(=O)[O-])c(C)c1. The van der Waals surface area contributed by atoms with Gasteiger partial charge in [-0.25, -0.2) is 0 Å². The molecule has 1 aromatic carbocycles. The van der Waals surface area contributed by atoms with Crippen molar-refractivity contribution in [1.29, 1.82) is 0 Å². The number of hydrogen-bond donors (Lipinski definition) is 1. The fourth-order valence-corrected chi connectivity index (χ4v) is 1.89. The number of carbonyl (C=O) groups is 1. The van der Waals surface area contributed by atoms with E-state index in [1.807, 2.05) is 13.0 Å². The summed E-state index contributed by atoms with van der Waals surface area (Å²) in [5.41, 5.74) is 2.09. The lowest BCUT2D eigenvalue weighted by Gasteiger charge is -2.20. The summed E-state index contributed by atoms with van der Waals surface area (Å²) in [6.45, 7) is 7.29. The van der Waals surface area contributed by atoms with Gasteiger partial charge >= 0.3 is 0 Å². The molecule has 1 heterocycles.